The molecule has 3 amide bonds. The molecule has 0 radical (unpaired) electrons. The number of carboxylic acid groups (broad SMARTS) is 1. The van der Waals surface area contributed by atoms with Crippen LogP contribution in [0.25, 0.3) is 0 Å². The van der Waals surface area contributed by atoms with Crippen LogP contribution in [-0.2, 0) is 4.79 Å². The molecule has 0 saturated heterocycles. The van der Waals surface area contributed by atoms with Crippen molar-refractivity contribution >= 4 is 23.6 Å². The summed E-state index contributed by atoms with van der Waals surface area (Å²) in [5.74, 6) is -1.51. The molecule has 5 N–H and O–H groups in total. The highest BCUT2D eigenvalue weighted by molar-refractivity contribution is 5.99. The fraction of sp³-hybridized carbons (Fsp3) is 0.462. The molecule has 8 nitrogen and oxygen atoms in total. The standard InChI is InChI=1S/C13H20N4O4/c1-7-5-8(10(15-7)11(19)20)16-12(21)14-6-9(18)17-13(2,3)4/h5,15H,6H2,1-4H3,(H,17,18)(H,19,20)(H2,14,16,21). The first kappa shape index (κ1) is 16.5. The Morgan fingerprint density at radius 1 is 1.29 bits per heavy atom. The number of H-pyrrole nitrogens is 1. The van der Waals surface area contributed by atoms with Crippen molar-refractivity contribution < 1.29 is 19.5 Å². The van der Waals surface area contributed by atoms with Crippen molar-refractivity contribution in [1.29, 1.82) is 0 Å². The van der Waals surface area contributed by atoms with Crippen LogP contribution in [0.15, 0.2) is 6.07 Å². The van der Waals surface area contributed by atoms with Crippen molar-refractivity contribution in [1.82, 2.24) is 15.6 Å². The highest BCUT2D eigenvalue weighted by Gasteiger charge is 2.17. The molecule has 0 aliphatic rings. The molecule has 0 aliphatic heterocycles. The van der Waals surface area contributed by atoms with E-state index >= 15 is 0 Å². The first-order chi connectivity index (χ1) is 9.58. The predicted molar refractivity (Wildman–Crippen MR) is 77.4 cm³/mol. The summed E-state index contributed by atoms with van der Waals surface area (Å²) in [6.45, 7) is 6.95. The SMILES string of the molecule is Cc1cc(NC(=O)NCC(=O)NC(C)(C)C)c(C(=O)O)[nH]1. The number of hydrogen-bond acceptors (Lipinski definition) is 3. The minimum absolute atomic E-state index is 0.109. The Morgan fingerprint density at radius 3 is 2.43 bits per heavy atom. The smallest absolute Gasteiger partial charge is 0.354 e. The molecule has 0 saturated carbocycles. The predicted octanol–water partition coefficient (Wildman–Crippen LogP) is 1.06. The number of urea groups is 1. The summed E-state index contributed by atoms with van der Waals surface area (Å²) >= 11 is 0. The van der Waals surface area contributed by atoms with Crippen LogP contribution in [0.5, 0.6) is 0 Å². The van der Waals surface area contributed by atoms with E-state index in [1.165, 1.54) is 6.07 Å². The third kappa shape index (κ3) is 5.55. The molecule has 1 aromatic heterocycles. The van der Waals surface area contributed by atoms with Crippen molar-refractivity contribution in [2.45, 2.75) is 33.2 Å². The number of carbonyl (C=O) groups excluding carboxylic acids is 2. The van der Waals surface area contributed by atoms with Gasteiger partial charge in [-0.1, -0.05) is 0 Å². The van der Waals surface area contributed by atoms with Gasteiger partial charge in [0.2, 0.25) is 5.91 Å². The second kappa shape index (κ2) is 6.29. The normalized spacial score (nSPS) is 10.9. The average Bonchev–Trinajstić information content (AvgIpc) is 2.65. The van der Waals surface area contributed by atoms with Crippen LogP contribution in [0, 0.1) is 6.92 Å². The third-order valence-electron chi connectivity index (χ3n) is 2.34. The molecular weight excluding hydrogens is 276 g/mol. The summed E-state index contributed by atoms with van der Waals surface area (Å²) in [5, 5.41) is 16.4. The summed E-state index contributed by atoms with van der Waals surface area (Å²) < 4.78 is 0. The van der Waals surface area contributed by atoms with Crippen molar-refractivity contribution in [2.24, 2.45) is 0 Å². The fourth-order valence-electron chi connectivity index (χ4n) is 1.65. The second-order valence-electron chi connectivity index (χ2n) is 5.65. The van der Waals surface area contributed by atoms with E-state index in [0.29, 0.717) is 5.69 Å². The van der Waals surface area contributed by atoms with E-state index in [2.05, 4.69) is 20.9 Å². The van der Waals surface area contributed by atoms with Gasteiger partial charge in [-0.3, -0.25) is 4.79 Å². The Balaban J connectivity index is 2.55. The number of aromatic amines is 1. The van der Waals surface area contributed by atoms with Gasteiger partial charge in [0.15, 0.2) is 0 Å². The molecular formula is C13H20N4O4. The van der Waals surface area contributed by atoms with Gasteiger partial charge in [-0.15, -0.1) is 0 Å². The third-order valence-corrected chi connectivity index (χ3v) is 2.34. The summed E-state index contributed by atoms with van der Waals surface area (Å²) in [4.78, 5) is 36.8. The van der Waals surface area contributed by atoms with Gasteiger partial charge in [0, 0.05) is 11.2 Å². The monoisotopic (exact) mass is 296 g/mol. The van der Waals surface area contributed by atoms with Crippen LogP contribution in [0.4, 0.5) is 10.5 Å². The topological polar surface area (TPSA) is 123 Å². The first-order valence-corrected chi connectivity index (χ1v) is 6.37. The number of carbonyl (C=O) groups is 3. The molecule has 0 fully saturated rings. The van der Waals surface area contributed by atoms with Gasteiger partial charge in [0.25, 0.3) is 0 Å². The van der Waals surface area contributed by atoms with E-state index in [1.807, 2.05) is 20.8 Å². The zero-order chi connectivity index (χ0) is 16.2. The van der Waals surface area contributed by atoms with Gasteiger partial charge >= 0.3 is 12.0 Å². The van der Waals surface area contributed by atoms with E-state index in [4.69, 9.17) is 5.11 Å². The van der Waals surface area contributed by atoms with Crippen molar-refractivity contribution in [3.05, 3.63) is 17.5 Å². The zero-order valence-electron chi connectivity index (χ0n) is 12.5. The zero-order valence-corrected chi connectivity index (χ0v) is 12.5. The summed E-state index contributed by atoms with van der Waals surface area (Å²) in [5.41, 5.74) is 0.257. The Hall–Kier alpha value is -2.51. The molecule has 0 bridgehead atoms. The van der Waals surface area contributed by atoms with Gasteiger partial charge in [0.1, 0.15) is 5.69 Å². The number of nitrogens with one attached hydrogen (secondary N) is 4. The number of rotatable bonds is 4. The molecule has 21 heavy (non-hydrogen) atoms. The minimum Gasteiger partial charge on any atom is -0.477 e. The number of amides is 3. The summed E-state index contributed by atoms with van der Waals surface area (Å²) in [6, 6.07) is 0.846. The van der Waals surface area contributed by atoms with E-state index in [0.717, 1.165) is 0 Å². The van der Waals surface area contributed by atoms with Crippen molar-refractivity contribution in [3.8, 4) is 0 Å². The molecule has 1 heterocycles. The number of aromatic nitrogens is 1. The minimum atomic E-state index is -1.18. The van der Waals surface area contributed by atoms with Gasteiger partial charge in [0.05, 0.1) is 12.2 Å². The lowest BCUT2D eigenvalue weighted by Crippen LogP contribution is -2.46. The lowest BCUT2D eigenvalue weighted by Gasteiger charge is -2.20. The van der Waals surface area contributed by atoms with Crippen LogP contribution in [0.2, 0.25) is 0 Å². The molecule has 8 heteroatoms. The Bertz CT molecular complexity index is 557. The largest absolute Gasteiger partial charge is 0.477 e. The average molecular weight is 296 g/mol. The Kier molecular flexibility index (Phi) is 4.96. The van der Waals surface area contributed by atoms with Crippen molar-refractivity contribution in [2.75, 3.05) is 11.9 Å². The van der Waals surface area contributed by atoms with Crippen LogP contribution >= 0.6 is 0 Å². The van der Waals surface area contributed by atoms with Gasteiger partial charge in [-0.2, -0.15) is 0 Å². The maximum absolute atomic E-state index is 11.7. The highest BCUT2D eigenvalue weighted by atomic mass is 16.4. The molecule has 116 valence electrons. The quantitative estimate of drug-likeness (QED) is 0.570. The molecule has 0 atom stereocenters. The molecule has 0 unspecified atom stereocenters. The van der Waals surface area contributed by atoms with Crippen molar-refractivity contribution in [3.63, 3.8) is 0 Å². The number of carboxylic acids is 1. The van der Waals surface area contributed by atoms with Gasteiger partial charge < -0.3 is 26.0 Å². The van der Waals surface area contributed by atoms with Gasteiger partial charge in [-0.05, 0) is 33.8 Å². The van der Waals surface area contributed by atoms with E-state index in [1.54, 1.807) is 6.92 Å². The van der Waals surface area contributed by atoms with Gasteiger partial charge in [-0.25, -0.2) is 9.59 Å². The molecule has 0 aromatic carbocycles. The molecule has 1 aromatic rings. The van der Waals surface area contributed by atoms with E-state index < -0.39 is 12.0 Å². The summed E-state index contributed by atoms with van der Waals surface area (Å²) in [7, 11) is 0. The highest BCUT2D eigenvalue weighted by Crippen LogP contribution is 2.16. The van der Waals surface area contributed by atoms with E-state index in [9.17, 15) is 14.4 Å². The number of hydrogen-bond donors (Lipinski definition) is 5. The number of anilines is 1. The number of aromatic carboxylic acids is 1. The second-order valence-corrected chi connectivity index (χ2v) is 5.65. The lowest BCUT2D eigenvalue weighted by atomic mass is 10.1. The number of aryl methyl sites for hydroxylation is 1. The van der Waals surface area contributed by atoms with Crippen LogP contribution < -0.4 is 16.0 Å². The first-order valence-electron chi connectivity index (χ1n) is 6.37. The van der Waals surface area contributed by atoms with Crippen LogP contribution in [0.1, 0.15) is 37.0 Å². The molecule has 0 aliphatic carbocycles. The summed E-state index contributed by atoms with van der Waals surface area (Å²) in [6.07, 6.45) is 0. The Morgan fingerprint density at radius 2 is 1.90 bits per heavy atom. The fourth-order valence-corrected chi connectivity index (χ4v) is 1.65. The molecule has 1 rings (SSSR count). The maximum Gasteiger partial charge on any atom is 0.354 e. The van der Waals surface area contributed by atoms with E-state index in [-0.39, 0.29) is 29.4 Å². The molecule has 0 spiro atoms. The van der Waals surface area contributed by atoms with Crippen LogP contribution in [-0.4, -0.2) is 40.1 Å². The Labute approximate surface area is 122 Å². The lowest BCUT2D eigenvalue weighted by molar-refractivity contribution is -0.121. The van der Waals surface area contributed by atoms with Crippen LogP contribution in [0.3, 0.4) is 0 Å². The maximum atomic E-state index is 11.7.